The van der Waals surface area contributed by atoms with Crippen LogP contribution < -0.4 is 24.4 Å². The van der Waals surface area contributed by atoms with Gasteiger partial charge in [0.15, 0.2) is 11.5 Å². The number of rotatable bonds is 11. The third kappa shape index (κ3) is 6.23. The first kappa shape index (κ1) is 29.1. The van der Waals surface area contributed by atoms with Crippen LogP contribution in [0.2, 0.25) is 0 Å². The summed E-state index contributed by atoms with van der Waals surface area (Å²) in [5.74, 6) is 0.718. The number of carbonyl (C=O) groups is 2. The maximum Gasteiger partial charge on any atom is 0.248 e. The highest BCUT2D eigenvalue weighted by Crippen LogP contribution is 2.41. The molecule has 2 heterocycles. The summed E-state index contributed by atoms with van der Waals surface area (Å²) in [6.07, 6.45) is 6.60. The molecule has 220 valence electrons. The average Bonchev–Trinajstić information content (AvgIpc) is 3.74. The topological polar surface area (TPSA) is 121 Å². The number of tetrazole rings is 1. The number of para-hydroxylation sites is 1. The van der Waals surface area contributed by atoms with Crippen molar-refractivity contribution in [3.8, 4) is 22.9 Å². The van der Waals surface area contributed by atoms with Crippen molar-refractivity contribution in [1.82, 2.24) is 25.5 Å². The largest absolute Gasteiger partial charge is 0.494 e. The Balaban J connectivity index is 1.66. The van der Waals surface area contributed by atoms with Crippen LogP contribution in [0.5, 0.6) is 17.2 Å². The van der Waals surface area contributed by atoms with Gasteiger partial charge in [-0.05, 0) is 52.9 Å². The first-order valence-corrected chi connectivity index (χ1v) is 14.7. The van der Waals surface area contributed by atoms with Crippen molar-refractivity contribution in [2.24, 2.45) is 0 Å². The minimum atomic E-state index is -1.06. The number of methoxy groups -OCH3 is 3. The molecule has 42 heavy (non-hydrogen) atoms. The molecule has 5 rings (SSSR count). The van der Waals surface area contributed by atoms with E-state index in [0.717, 1.165) is 37.0 Å². The number of hydrogen-bond acceptors (Lipinski definition) is 9. The van der Waals surface area contributed by atoms with Crippen molar-refractivity contribution in [3.05, 3.63) is 70.7 Å². The Kier molecular flexibility index (Phi) is 9.32. The summed E-state index contributed by atoms with van der Waals surface area (Å²) in [5, 5.41) is 16.6. The summed E-state index contributed by atoms with van der Waals surface area (Å²) in [4.78, 5) is 31.1. The van der Waals surface area contributed by atoms with Crippen LogP contribution in [-0.4, -0.2) is 59.4 Å². The summed E-state index contributed by atoms with van der Waals surface area (Å²) in [5.41, 5.74) is 1.56. The molecular weight excluding hydrogens is 556 g/mol. The molecule has 0 spiro atoms. The third-order valence-electron chi connectivity index (χ3n) is 7.40. The number of nitrogens with zero attached hydrogens (tertiary/aromatic N) is 5. The number of aromatic nitrogens is 4. The number of amides is 2. The lowest BCUT2D eigenvalue weighted by molar-refractivity contribution is -0.127. The Morgan fingerprint density at radius 2 is 1.83 bits per heavy atom. The first-order chi connectivity index (χ1) is 20.5. The molecule has 4 aromatic rings. The second-order valence-electron chi connectivity index (χ2n) is 9.96. The molecule has 1 aliphatic rings. The Labute approximate surface area is 248 Å². The van der Waals surface area contributed by atoms with Gasteiger partial charge in [-0.1, -0.05) is 37.5 Å². The van der Waals surface area contributed by atoms with E-state index < -0.39 is 6.04 Å². The van der Waals surface area contributed by atoms with E-state index in [0.29, 0.717) is 34.2 Å². The summed E-state index contributed by atoms with van der Waals surface area (Å²) >= 11 is 1.49. The fourth-order valence-electron chi connectivity index (χ4n) is 5.41. The predicted molar refractivity (Wildman–Crippen MR) is 159 cm³/mol. The molecule has 1 aliphatic carbocycles. The number of carbonyl (C=O) groups excluding carboxylic acids is 2. The second kappa shape index (κ2) is 13.5. The molecule has 1 saturated carbocycles. The molecule has 1 fully saturated rings. The number of anilines is 1. The minimum absolute atomic E-state index is 0.0244. The van der Waals surface area contributed by atoms with Gasteiger partial charge in [-0.3, -0.25) is 14.5 Å². The summed E-state index contributed by atoms with van der Waals surface area (Å²) < 4.78 is 18.5. The van der Waals surface area contributed by atoms with Crippen molar-refractivity contribution in [1.29, 1.82) is 0 Å². The number of benzene rings is 2. The Morgan fingerprint density at radius 3 is 2.50 bits per heavy atom. The van der Waals surface area contributed by atoms with Gasteiger partial charge in [0.1, 0.15) is 23.8 Å². The second-order valence-corrected chi connectivity index (χ2v) is 11.0. The summed E-state index contributed by atoms with van der Waals surface area (Å²) in [7, 11) is 4.60. The van der Waals surface area contributed by atoms with E-state index in [2.05, 4.69) is 20.8 Å². The Hall–Kier alpha value is -4.45. The molecule has 1 atom stereocenters. The highest BCUT2D eigenvalue weighted by atomic mass is 32.1. The van der Waals surface area contributed by atoms with Gasteiger partial charge in [0.25, 0.3) is 0 Å². The van der Waals surface area contributed by atoms with Gasteiger partial charge in [-0.25, -0.2) is 0 Å². The molecule has 0 radical (unpaired) electrons. The zero-order chi connectivity index (χ0) is 29.5. The van der Waals surface area contributed by atoms with E-state index in [9.17, 15) is 9.59 Å². The van der Waals surface area contributed by atoms with Crippen LogP contribution in [0, 0.1) is 0 Å². The fraction of sp³-hybridized carbons (Fsp3) is 0.367. The van der Waals surface area contributed by atoms with Gasteiger partial charge >= 0.3 is 0 Å². The van der Waals surface area contributed by atoms with Crippen LogP contribution in [0.15, 0.2) is 60.2 Å². The molecule has 1 N–H and O–H groups in total. The van der Waals surface area contributed by atoms with E-state index in [4.69, 9.17) is 14.2 Å². The first-order valence-electron chi connectivity index (χ1n) is 13.8. The standard InChI is InChI=1S/C30H34N6O5S/c1-39-25-13-7-12-23(29(25)41-3)28(30(38)32-20-9-5-4-6-10-20)36(27(37)18-22-11-8-16-42-22)21-14-15-24(26(17-21)40-2)35-19-31-33-34-35/h7-8,11-17,19-20,28H,4-6,9-10,18H2,1-3H3,(H,32,38)/t28-/m0/s1. The number of thiophene rings is 1. The third-order valence-corrected chi connectivity index (χ3v) is 8.27. The zero-order valence-electron chi connectivity index (χ0n) is 23.9. The quantitative estimate of drug-likeness (QED) is 0.271. The lowest BCUT2D eigenvalue weighted by Gasteiger charge is -2.34. The monoisotopic (exact) mass is 590 g/mol. The normalized spacial score (nSPS) is 14.2. The summed E-state index contributed by atoms with van der Waals surface area (Å²) in [6, 6.07) is 13.4. The molecule has 0 saturated heterocycles. The predicted octanol–water partition coefficient (Wildman–Crippen LogP) is 4.52. The van der Waals surface area contributed by atoms with Crippen LogP contribution in [0.1, 0.15) is 48.6 Å². The molecule has 11 nitrogen and oxygen atoms in total. The van der Waals surface area contributed by atoms with Gasteiger partial charge in [0.05, 0.1) is 27.8 Å². The molecule has 2 aromatic carbocycles. The maximum atomic E-state index is 14.3. The highest BCUT2D eigenvalue weighted by Gasteiger charge is 2.37. The van der Waals surface area contributed by atoms with Crippen molar-refractivity contribution in [2.45, 2.75) is 50.6 Å². The number of hydrogen-bond donors (Lipinski definition) is 1. The number of ether oxygens (including phenoxy) is 3. The van der Waals surface area contributed by atoms with E-state index in [1.165, 1.54) is 41.5 Å². The maximum absolute atomic E-state index is 14.3. The van der Waals surface area contributed by atoms with Crippen LogP contribution in [0.25, 0.3) is 5.69 Å². The minimum Gasteiger partial charge on any atom is -0.494 e. The van der Waals surface area contributed by atoms with Crippen molar-refractivity contribution < 1.29 is 23.8 Å². The van der Waals surface area contributed by atoms with Crippen molar-refractivity contribution in [3.63, 3.8) is 0 Å². The van der Waals surface area contributed by atoms with Crippen LogP contribution in [-0.2, 0) is 16.0 Å². The van der Waals surface area contributed by atoms with Gasteiger partial charge < -0.3 is 19.5 Å². The van der Waals surface area contributed by atoms with Gasteiger partial charge in [0.2, 0.25) is 11.8 Å². The lowest BCUT2D eigenvalue weighted by atomic mass is 9.94. The lowest BCUT2D eigenvalue weighted by Crippen LogP contribution is -2.47. The molecule has 0 aliphatic heterocycles. The summed E-state index contributed by atoms with van der Waals surface area (Å²) in [6.45, 7) is 0. The van der Waals surface area contributed by atoms with Crippen molar-refractivity contribution in [2.75, 3.05) is 26.2 Å². The Bertz CT molecular complexity index is 1490. The molecule has 0 unspecified atom stereocenters. The molecule has 0 bridgehead atoms. The van der Waals surface area contributed by atoms with Crippen LogP contribution in [0.4, 0.5) is 5.69 Å². The number of nitrogens with one attached hydrogen (secondary N) is 1. The molecule has 2 aromatic heterocycles. The SMILES string of the molecule is COc1cc(N(C(=O)Cc2cccs2)[C@H](C(=O)NC2CCCCC2)c2cccc(OC)c2OC)ccc1-n1cnnn1. The molecule has 2 amide bonds. The van der Waals surface area contributed by atoms with Gasteiger partial charge in [0, 0.05) is 28.2 Å². The van der Waals surface area contributed by atoms with E-state index in [1.807, 2.05) is 17.5 Å². The molecule has 12 heteroatoms. The van der Waals surface area contributed by atoms with Crippen LogP contribution >= 0.6 is 11.3 Å². The van der Waals surface area contributed by atoms with Crippen molar-refractivity contribution >= 4 is 28.8 Å². The highest BCUT2D eigenvalue weighted by molar-refractivity contribution is 7.10. The van der Waals surface area contributed by atoms with Gasteiger partial charge in [-0.2, -0.15) is 4.68 Å². The van der Waals surface area contributed by atoms with E-state index >= 15 is 0 Å². The average molecular weight is 591 g/mol. The Morgan fingerprint density at radius 1 is 1.02 bits per heavy atom. The van der Waals surface area contributed by atoms with Crippen LogP contribution in [0.3, 0.4) is 0 Å². The zero-order valence-corrected chi connectivity index (χ0v) is 24.7. The van der Waals surface area contributed by atoms with E-state index in [1.54, 1.807) is 43.5 Å². The van der Waals surface area contributed by atoms with Gasteiger partial charge in [-0.15, -0.1) is 16.4 Å². The molecular formula is C30H34N6O5S. The fourth-order valence-corrected chi connectivity index (χ4v) is 6.11. The smallest absolute Gasteiger partial charge is 0.248 e. The van der Waals surface area contributed by atoms with E-state index in [-0.39, 0.29) is 24.3 Å².